The van der Waals surface area contributed by atoms with Gasteiger partial charge in [0.1, 0.15) is 0 Å². The van der Waals surface area contributed by atoms with Gasteiger partial charge in [0.25, 0.3) is 5.91 Å². The number of hydrogen-bond donors (Lipinski definition) is 3. The summed E-state index contributed by atoms with van der Waals surface area (Å²) in [6, 6.07) is 2.90. The van der Waals surface area contributed by atoms with Crippen molar-refractivity contribution in [1.29, 1.82) is 0 Å². The molecule has 0 aliphatic heterocycles. The fraction of sp³-hybridized carbons (Fsp3) is 0.500. The van der Waals surface area contributed by atoms with Crippen LogP contribution in [0.1, 0.15) is 29.6 Å². The van der Waals surface area contributed by atoms with E-state index in [1.807, 2.05) is 0 Å². The second-order valence-electron chi connectivity index (χ2n) is 4.66. The van der Waals surface area contributed by atoms with Crippen LogP contribution in [-0.2, 0) is 0 Å². The number of carbonyl (C=O) groups excluding carboxylic acids is 1. The van der Waals surface area contributed by atoms with Gasteiger partial charge in [-0.2, -0.15) is 0 Å². The van der Waals surface area contributed by atoms with Gasteiger partial charge in [-0.25, -0.2) is 0 Å². The Labute approximate surface area is 99.4 Å². The van der Waals surface area contributed by atoms with Crippen molar-refractivity contribution >= 4 is 5.91 Å². The molecule has 1 amide bonds. The molecule has 92 valence electrons. The second kappa shape index (κ2) is 4.71. The molecule has 1 fully saturated rings. The molecule has 0 atom stereocenters. The normalized spacial score (nSPS) is 16.5. The Hall–Kier alpha value is -1.62. The van der Waals surface area contributed by atoms with Gasteiger partial charge in [-0.1, -0.05) is 0 Å². The van der Waals surface area contributed by atoms with Crippen LogP contribution in [-0.4, -0.2) is 24.0 Å². The number of amides is 1. The van der Waals surface area contributed by atoms with Crippen molar-refractivity contribution in [1.82, 2.24) is 10.3 Å². The van der Waals surface area contributed by atoms with E-state index in [2.05, 4.69) is 10.3 Å². The van der Waals surface area contributed by atoms with Gasteiger partial charge in [-0.3, -0.25) is 9.59 Å². The summed E-state index contributed by atoms with van der Waals surface area (Å²) in [5.74, 6) is -0.195. The van der Waals surface area contributed by atoms with Gasteiger partial charge in [0.05, 0.1) is 0 Å². The number of rotatable bonds is 5. The number of H-pyrrole nitrogens is 1. The first-order valence-corrected chi connectivity index (χ1v) is 5.82. The Balaban J connectivity index is 1.92. The quantitative estimate of drug-likeness (QED) is 0.682. The van der Waals surface area contributed by atoms with Crippen LogP contribution in [0, 0.1) is 5.41 Å². The monoisotopic (exact) mass is 235 g/mol. The highest BCUT2D eigenvalue weighted by Crippen LogP contribution is 2.47. The molecule has 2 rings (SSSR count). The second-order valence-corrected chi connectivity index (χ2v) is 4.66. The maximum atomic E-state index is 11.8. The number of aromatic nitrogens is 1. The molecular weight excluding hydrogens is 218 g/mol. The highest BCUT2D eigenvalue weighted by Gasteiger charge is 2.41. The van der Waals surface area contributed by atoms with Crippen molar-refractivity contribution < 1.29 is 4.79 Å². The standard InChI is InChI=1S/C12H17N3O2/c13-5-4-12(2-3-12)8-15-11(17)9-1-6-14-10(16)7-9/h1,6-7H,2-5,8,13H2,(H,14,16)(H,15,17). The van der Waals surface area contributed by atoms with Gasteiger partial charge in [0, 0.05) is 24.4 Å². The van der Waals surface area contributed by atoms with Gasteiger partial charge in [-0.15, -0.1) is 0 Å². The third-order valence-electron chi connectivity index (χ3n) is 3.29. The molecule has 1 aromatic rings. The van der Waals surface area contributed by atoms with Crippen molar-refractivity contribution in [3.63, 3.8) is 0 Å². The minimum atomic E-state index is -0.263. The van der Waals surface area contributed by atoms with Gasteiger partial charge in [-0.05, 0) is 37.3 Å². The average Bonchev–Trinajstić information content (AvgIpc) is 3.07. The third-order valence-corrected chi connectivity index (χ3v) is 3.29. The Morgan fingerprint density at radius 3 is 2.88 bits per heavy atom. The number of carbonyl (C=O) groups is 1. The van der Waals surface area contributed by atoms with Crippen LogP contribution in [0.25, 0.3) is 0 Å². The maximum Gasteiger partial charge on any atom is 0.251 e. The summed E-state index contributed by atoms with van der Waals surface area (Å²) in [7, 11) is 0. The van der Waals surface area contributed by atoms with Crippen LogP contribution in [0.3, 0.4) is 0 Å². The molecule has 4 N–H and O–H groups in total. The molecular formula is C12H17N3O2. The molecule has 1 aliphatic carbocycles. The summed E-state index contributed by atoms with van der Waals surface area (Å²) < 4.78 is 0. The van der Waals surface area contributed by atoms with Crippen LogP contribution < -0.4 is 16.6 Å². The fourth-order valence-corrected chi connectivity index (χ4v) is 1.95. The van der Waals surface area contributed by atoms with E-state index < -0.39 is 0 Å². The number of aromatic amines is 1. The van der Waals surface area contributed by atoms with Crippen LogP contribution in [0.2, 0.25) is 0 Å². The van der Waals surface area contributed by atoms with Gasteiger partial charge in [0.15, 0.2) is 0 Å². The number of nitrogens with one attached hydrogen (secondary N) is 2. The molecule has 1 heterocycles. The van der Waals surface area contributed by atoms with Crippen molar-refractivity contribution in [2.45, 2.75) is 19.3 Å². The lowest BCUT2D eigenvalue weighted by Gasteiger charge is -2.14. The first-order chi connectivity index (χ1) is 8.15. The van der Waals surface area contributed by atoms with E-state index in [4.69, 9.17) is 5.73 Å². The molecule has 0 unspecified atom stereocenters. The molecule has 0 saturated heterocycles. The molecule has 0 radical (unpaired) electrons. The SMILES string of the molecule is NCCC1(CNC(=O)c2cc[nH]c(=O)c2)CC1. The smallest absolute Gasteiger partial charge is 0.251 e. The lowest BCUT2D eigenvalue weighted by molar-refractivity contribution is 0.0944. The molecule has 1 aliphatic rings. The Morgan fingerprint density at radius 2 is 2.29 bits per heavy atom. The van der Waals surface area contributed by atoms with E-state index >= 15 is 0 Å². The molecule has 1 saturated carbocycles. The maximum absolute atomic E-state index is 11.8. The summed E-state index contributed by atoms with van der Waals surface area (Å²) in [5, 5.41) is 2.87. The van der Waals surface area contributed by atoms with Crippen molar-refractivity contribution in [2.75, 3.05) is 13.1 Å². The van der Waals surface area contributed by atoms with Crippen molar-refractivity contribution in [3.8, 4) is 0 Å². The van der Waals surface area contributed by atoms with Crippen LogP contribution >= 0.6 is 0 Å². The highest BCUT2D eigenvalue weighted by atomic mass is 16.2. The van der Waals surface area contributed by atoms with Gasteiger partial charge >= 0.3 is 0 Å². The largest absolute Gasteiger partial charge is 0.351 e. The van der Waals surface area contributed by atoms with Crippen LogP contribution in [0.15, 0.2) is 23.1 Å². The molecule has 0 bridgehead atoms. The molecule has 5 nitrogen and oxygen atoms in total. The summed E-state index contributed by atoms with van der Waals surface area (Å²) in [6.45, 7) is 1.30. The molecule has 17 heavy (non-hydrogen) atoms. The zero-order valence-electron chi connectivity index (χ0n) is 9.66. The third kappa shape index (κ3) is 2.94. The first-order valence-electron chi connectivity index (χ1n) is 5.82. The summed E-state index contributed by atoms with van der Waals surface area (Å²) in [4.78, 5) is 25.3. The number of pyridine rings is 1. The summed E-state index contributed by atoms with van der Waals surface area (Å²) in [6.07, 6.45) is 4.67. The summed E-state index contributed by atoms with van der Waals surface area (Å²) in [5.41, 5.74) is 5.88. The number of nitrogens with two attached hydrogens (primary N) is 1. The highest BCUT2D eigenvalue weighted by molar-refractivity contribution is 5.93. The van der Waals surface area contributed by atoms with Crippen LogP contribution in [0.4, 0.5) is 0 Å². The predicted octanol–water partition coefficient (Wildman–Crippen LogP) is 0.234. The Bertz CT molecular complexity index is 463. The van der Waals surface area contributed by atoms with Crippen LogP contribution in [0.5, 0.6) is 0 Å². The predicted molar refractivity (Wildman–Crippen MR) is 64.7 cm³/mol. The van der Waals surface area contributed by atoms with Crippen molar-refractivity contribution in [2.24, 2.45) is 11.1 Å². The first kappa shape index (κ1) is 11.9. The van der Waals surface area contributed by atoms with E-state index in [0.29, 0.717) is 18.7 Å². The van der Waals surface area contributed by atoms with E-state index in [1.54, 1.807) is 6.07 Å². The van der Waals surface area contributed by atoms with E-state index in [0.717, 1.165) is 19.3 Å². The lowest BCUT2D eigenvalue weighted by Crippen LogP contribution is -2.31. The van der Waals surface area contributed by atoms with Gasteiger partial charge < -0.3 is 16.0 Å². The van der Waals surface area contributed by atoms with E-state index in [1.165, 1.54) is 12.3 Å². The zero-order chi connectivity index (χ0) is 12.3. The lowest BCUT2D eigenvalue weighted by atomic mass is 10.0. The molecule has 0 aromatic carbocycles. The van der Waals surface area contributed by atoms with Crippen molar-refractivity contribution in [3.05, 3.63) is 34.2 Å². The molecule has 5 heteroatoms. The topological polar surface area (TPSA) is 88.0 Å². The fourth-order valence-electron chi connectivity index (χ4n) is 1.95. The minimum Gasteiger partial charge on any atom is -0.351 e. The molecule has 0 spiro atoms. The summed E-state index contributed by atoms with van der Waals surface area (Å²) >= 11 is 0. The Kier molecular flexibility index (Phi) is 3.28. The molecule has 1 aromatic heterocycles. The number of hydrogen-bond acceptors (Lipinski definition) is 3. The minimum absolute atomic E-state index is 0.195. The van der Waals surface area contributed by atoms with Gasteiger partial charge in [0.2, 0.25) is 5.56 Å². The van der Waals surface area contributed by atoms with E-state index in [-0.39, 0.29) is 16.9 Å². The Morgan fingerprint density at radius 1 is 1.53 bits per heavy atom. The van der Waals surface area contributed by atoms with E-state index in [9.17, 15) is 9.59 Å². The zero-order valence-corrected chi connectivity index (χ0v) is 9.66. The average molecular weight is 235 g/mol.